The van der Waals surface area contributed by atoms with Crippen molar-refractivity contribution < 1.29 is 17.9 Å². The van der Waals surface area contributed by atoms with Crippen LogP contribution < -0.4 is 15.4 Å². The minimum Gasteiger partial charge on any atom is -0.404 e. The molecular formula is C19H15ClF3N5O. The second kappa shape index (κ2) is 7.75. The van der Waals surface area contributed by atoms with Crippen LogP contribution in [0, 0.1) is 0 Å². The van der Waals surface area contributed by atoms with E-state index in [-0.39, 0.29) is 5.02 Å². The summed E-state index contributed by atoms with van der Waals surface area (Å²) in [5.74, 6) is 0.420. The Morgan fingerprint density at radius 1 is 1.03 bits per heavy atom. The lowest BCUT2D eigenvalue weighted by Gasteiger charge is -2.13. The monoisotopic (exact) mass is 421 g/mol. The average Bonchev–Trinajstić information content (AvgIpc) is 3.47. The fraction of sp³-hybridized carbons (Fsp3) is 0.211. The summed E-state index contributed by atoms with van der Waals surface area (Å²) in [6.45, 7) is 0. The molecule has 1 fully saturated rings. The fourth-order valence-corrected chi connectivity index (χ4v) is 2.78. The first-order chi connectivity index (χ1) is 13.9. The number of alkyl halides is 3. The number of ether oxygens (including phenoxy) is 1. The van der Waals surface area contributed by atoms with Gasteiger partial charge in [0.15, 0.2) is 0 Å². The van der Waals surface area contributed by atoms with Gasteiger partial charge in [-0.15, -0.1) is 13.2 Å². The summed E-state index contributed by atoms with van der Waals surface area (Å²) in [4.78, 5) is 13.2. The topological polar surface area (TPSA) is 72.0 Å². The molecule has 0 bridgehead atoms. The molecule has 4 rings (SSSR count). The molecule has 3 aromatic rings. The Labute approximate surface area is 169 Å². The summed E-state index contributed by atoms with van der Waals surface area (Å²) in [5, 5.41) is 6.10. The minimum absolute atomic E-state index is 0.178. The average molecular weight is 422 g/mol. The van der Waals surface area contributed by atoms with Gasteiger partial charge in [-0.3, -0.25) is 4.98 Å². The summed E-state index contributed by atoms with van der Waals surface area (Å²) >= 11 is 5.92. The highest BCUT2D eigenvalue weighted by atomic mass is 35.5. The second-order valence-electron chi connectivity index (χ2n) is 6.41. The Hall–Kier alpha value is -3.07. The molecule has 6 nitrogen and oxygen atoms in total. The van der Waals surface area contributed by atoms with Gasteiger partial charge >= 0.3 is 6.36 Å². The highest BCUT2D eigenvalue weighted by Gasteiger charge is 2.32. The molecule has 2 aromatic heterocycles. The van der Waals surface area contributed by atoms with Crippen LogP contribution in [-0.2, 0) is 0 Å². The van der Waals surface area contributed by atoms with E-state index in [0.717, 1.165) is 18.9 Å². The van der Waals surface area contributed by atoms with Gasteiger partial charge in [0.2, 0.25) is 5.95 Å². The molecule has 0 amide bonds. The smallest absolute Gasteiger partial charge is 0.404 e. The van der Waals surface area contributed by atoms with Gasteiger partial charge in [-0.25, -0.2) is 4.98 Å². The van der Waals surface area contributed by atoms with Crippen LogP contribution in [0.15, 0.2) is 48.7 Å². The van der Waals surface area contributed by atoms with Gasteiger partial charge in [0.05, 0.1) is 16.4 Å². The molecule has 1 aromatic carbocycles. The summed E-state index contributed by atoms with van der Waals surface area (Å²) in [6.07, 6.45) is -1.05. The molecule has 1 saturated carbocycles. The van der Waals surface area contributed by atoms with Crippen molar-refractivity contribution >= 4 is 29.1 Å². The summed E-state index contributed by atoms with van der Waals surface area (Å²) < 4.78 is 41.1. The molecular weight excluding hydrogens is 407 g/mol. The van der Waals surface area contributed by atoms with E-state index < -0.39 is 12.1 Å². The van der Waals surface area contributed by atoms with Crippen LogP contribution in [0.1, 0.15) is 12.8 Å². The fourth-order valence-electron chi connectivity index (χ4n) is 2.57. The standard InChI is InChI=1S/C19H15ClF3N5O/c20-13-9-12(6-7-16(13)29-19(21,22)23)25-17-10-15(14-3-1-2-8-24-14)27-18(28-17)26-11-4-5-11/h1-3,6-11H,4-5H2,(H2,25,26,27,28). The number of rotatable bonds is 6. The Bertz CT molecular complexity index is 1010. The lowest BCUT2D eigenvalue weighted by Crippen LogP contribution is -2.17. The predicted molar refractivity (Wildman–Crippen MR) is 103 cm³/mol. The van der Waals surface area contributed by atoms with E-state index in [2.05, 4.69) is 30.3 Å². The highest BCUT2D eigenvalue weighted by Crippen LogP contribution is 2.33. The van der Waals surface area contributed by atoms with E-state index in [9.17, 15) is 13.2 Å². The van der Waals surface area contributed by atoms with Crippen molar-refractivity contribution in [3.63, 3.8) is 0 Å². The number of nitrogens with one attached hydrogen (secondary N) is 2. The Morgan fingerprint density at radius 2 is 1.86 bits per heavy atom. The Kier molecular flexibility index (Phi) is 5.14. The largest absolute Gasteiger partial charge is 0.573 e. The molecule has 0 aliphatic heterocycles. The molecule has 0 saturated heterocycles. The number of benzene rings is 1. The molecule has 0 radical (unpaired) electrons. The van der Waals surface area contributed by atoms with Gasteiger partial charge in [0.25, 0.3) is 0 Å². The molecule has 0 unspecified atom stereocenters. The zero-order valence-electron chi connectivity index (χ0n) is 14.9. The number of nitrogens with zero attached hydrogens (tertiary/aromatic N) is 3. The van der Waals surface area contributed by atoms with Gasteiger partial charge in [-0.2, -0.15) is 4.98 Å². The van der Waals surface area contributed by atoms with Gasteiger partial charge in [0.1, 0.15) is 11.6 Å². The number of anilines is 3. The maximum Gasteiger partial charge on any atom is 0.573 e. The lowest BCUT2D eigenvalue weighted by molar-refractivity contribution is -0.274. The molecule has 10 heteroatoms. The van der Waals surface area contributed by atoms with E-state index in [1.165, 1.54) is 12.1 Å². The molecule has 29 heavy (non-hydrogen) atoms. The Balaban J connectivity index is 1.61. The first-order valence-corrected chi connectivity index (χ1v) is 9.13. The van der Waals surface area contributed by atoms with Crippen molar-refractivity contribution in [1.82, 2.24) is 15.0 Å². The van der Waals surface area contributed by atoms with Crippen LogP contribution in [0.5, 0.6) is 5.75 Å². The maximum absolute atomic E-state index is 12.4. The van der Waals surface area contributed by atoms with E-state index >= 15 is 0 Å². The first-order valence-electron chi connectivity index (χ1n) is 8.75. The molecule has 0 atom stereocenters. The molecule has 1 aliphatic rings. The molecule has 1 aliphatic carbocycles. The van der Waals surface area contributed by atoms with Crippen LogP contribution in [0.25, 0.3) is 11.4 Å². The molecule has 2 N–H and O–H groups in total. The van der Waals surface area contributed by atoms with Crippen molar-refractivity contribution in [2.75, 3.05) is 10.6 Å². The SMILES string of the molecule is FC(F)(F)Oc1ccc(Nc2cc(-c3ccccn3)nc(NC3CC3)n2)cc1Cl. The molecule has 0 spiro atoms. The van der Waals surface area contributed by atoms with E-state index in [1.54, 1.807) is 18.3 Å². The molecule has 150 valence electrons. The number of halogens is 4. The highest BCUT2D eigenvalue weighted by molar-refractivity contribution is 6.32. The number of aromatic nitrogens is 3. The van der Waals surface area contributed by atoms with Crippen LogP contribution in [0.3, 0.4) is 0 Å². The van der Waals surface area contributed by atoms with E-state index in [0.29, 0.717) is 34.9 Å². The third-order valence-corrected chi connectivity index (χ3v) is 4.29. The quantitative estimate of drug-likeness (QED) is 0.554. The zero-order valence-corrected chi connectivity index (χ0v) is 15.6. The van der Waals surface area contributed by atoms with Crippen molar-refractivity contribution in [1.29, 1.82) is 0 Å². The first kappa shape index (κ1) is 19.3. The normalized spacial score (nSPS) is 13.8. The van der Waals surface area contributed by atoms with Crippen molar-refractivity contribution in [2.24, 2.45) is 0 Å². The lowest BCUT2D eigenvalue weighted by atomic mass is 10.2. The van der Waals surface area contributed by atoms with Gasteiger partial charge in [0, 0.05) is 24.0 Å². The van der Waals surface area contributed by atoms with Crippen LogP contribution in [0.2, 0.25) is 5.02 Å². The third kappa shape index (κ3) is 5.26. The zero-order chi connectivity index (χ0) is 20.4. The number of pyridine rings is 1. The van der Waals surface area contributed by atoms with E-state index in [4.69, 9.17) is 11.6 Å². The van der Waals surface area contributed by atoms with Crippen LogP contribution in [-0.4, -0.2) is 27.4 Å². The number of hydrogen-bond acceptors (Lipinski definition) is 6. The van der Waals surface area contributed by atoms with Crippen molar-refractivity contribution in [3.8, 4) is 17.1 Å². The van der Waals surface area contributed by atoms with Gasteiger partial charge < -0.3 is 15.4 Å². The predicted octanol–water partition coefficient (Wildman–Crippen LogP) is 5.41. The van der Waals surface area contributed by atoms with Crippen molar-refractivity contribution in [3.05, 3.63) is 53.7 Å². The summed E-state index contributed by atoms with van der Waals surface area (Å²) in [5.41, 5.74) is 1.73. The van der Waals surface area contributed by atoms with Crippen LogP contribution >= 0.6 is 11.6 Å². The van der Waals surface area contributed by atoms with E-state index in [1.807, 2.05) is 12.1 Å². The molecule has 2 heterocycles. The minimum atomic E-state index is -4.81. The summed E-state index contributed by atoms with van der Waals surface area (Å²) in [6, 6.07) is 11.4. The summed E-state index contributed by atoms with van der Waals surface area (Å²) in [7, 11) is 0. The second-order valence-corrected chi connectivity index (χ2v) is 6.82. The van der Waals surface area contributed by atoms with Gasteiger partial charge in [-0.05, 0) is 43.2 Å². The van der Waals surface area contributed by atoms with Crippen molar-refractivity contribution in [2.45, 2.75) is 25.2 Å². The van der Waals surface area contributed by atoms with Crippen LogP contribution in [0.4, 0.5) is 30.6 Å². The third-order valence-electron chi connectivity index (χ3n) is 3.99. The maximum atomic E-state index is 12.4. The Morgan fingerprint density at radius 3 is 2.52 bits per heavy atom. The number of hydrogen-bond donors (Lipinski definition) is 2. The van der Waals surface area contributed by atoms with Gasteiger partial charge in [-0.1, -0.05) is 17.7 Å².